The van der Waals surface area contributed by atoms with Gasteiger partial charge in [0.2, 0.25) is 5.89 Å². The van der Waals surface area contributed by atoms with Gasteiger partial charge in [-0.2, -0.15) is 13.2 Å². The van der Waals surface area contributed by atoms with E-state index in [1.807, 2.05) is 31.2 Å². The van der Waals surface area contributed by atoms with E-state index in [4.69, 9.17) is 9.15 Å². The van der Waals surface area contributed by atoms with Crippen molar-refractivity contribution in [1.29, 1.82) is 0 Å². The highest BCUT2D eigenvalue weighted by Gasteiger charge is 2.31. The fraction of sp³-hybridized carbons (Fsp3) is 0.211. The third-order valence-electron chi connectivity index (χ3n) is 3.80. The van der Waals surface area contributed by atoms with E-state index in [1.54, 1.807) is 0 Å². The molecule has 0 saturated heterocycles. The van der Waals surface area contributed by atoms with Gasteiger partial charge in [-0.3, -0.25) is 0 Å². The number of ether oxygens (including phenoxy) is 1. The van der Waals surface area contributed by atoms with E-state index >= 15 is 0 Å². The van der Waals surface area contributed by atoms with Gasteiger partial charge in [0.05, 0.1) is 11.1 Å². The molecule has 0 fully saturated rings. The van der Waals surface area contributed by atoms with Crippen molar-refractivity contribution in [1.82, 2.24) is 10.2 Å². The molecule has 8 heteroatoms. The summed E-state index contributed by atoms with van der Waals surface area (Å²) >= 11 is 0. The minimum absolute atomic E-state index is 0.0471. The standard InChI is InChI=1S/C19H15F3N2O3/c1-11-6-8-13(9-7-11)17-24-23-16(27-17)12(2)26-18(25)14-4-3-5-15(10-14)19(20,21)22/h3-10,12H,1-2H3/t12-/m0/s1. The van der Waals surface area contributed by atoms with Gasteiger partial charge < -0.3 is 9.15 Å². The van der Waals surface area contributed by atoms with Crippen LogP contribution in [0.15, 0.2) is 52.9 Å². The molecule has 3 aromatic rings. The van der Waals surface area contributed by atoms with Crippen LogP contribution < -0.4 is 0 Å². The Kier molecular flexibility index (Phi) is 4.98. The molecule has 1 aromatic heterocycles. The molecule has 2 aromatic carbocycles. The number of hydrogen-bond donors (Lipinski definition) is 0. The van der Waals surface area contributed by atoms with Crippen LogP contribution >= 0.6 is 0 Å². The largest absolute Gasteiger partial charge is 0.449 e. The van der Waals surface area contributed by atoms with E-state index in [9.17, 15) is 18.0 Å². The van der Waals surface area contributed by atoms with Gasteiger partial charge in [-0.05, 0) is 44.2 Å². The number of aryl methyl sites for hydroxylation is 1. The van der Waals surface area contributed by atoms with Gasteiger partial charge in [0, 0.05) is 5.56 Å². The van der Waals surface area contributed by atoms with Crippen molar-refractivity contribution in [3.63, 3.8) is 0 Å². The lowest BCUT2D eigenvalue weighted by Crippen LogP contribution is -2.12. The highest BCUT2D eigenvalue weighted by molar-refractivity contribution is 5.89. The Labute approximate surface area is 152 Å². The van der Waals surface area contributed by atoms with Crippen molar-refractivity contribution >= 4 is 5.97 Å². The summed E-state index contributed by atoms with van der Waals surface area (Å²) in [4.78, 5) is 12.1. The number of alkyl halides is 3. The summed E-state index contributed by atoms with van der Waals surface area (Å²) in [6.07, 6.45) is -5.46. The van der Waals surface area contributed by atoms with Crippen LogP contribution in [0.3, 0.4) is 0 Å². The maximum atomic E-state index is 12.8. The van der Waals surface area contributed by atoms with Crippen molar-refractivity contribution in [2.75, 3.05) is 0 Å². The first kappa shape index (κ1) is 18.6. The van der Waals surface area contributed by atoms with Crippen LogP contribution in [0.5, 0.6) is 0 Å². The molecule has 0 amide bonds. The molecule has 1 heterocycles. The summed E-state index contributed by atoms with van der Waals surface area (Å²) in [5, 5.41) is 7.75. The van der Waals surface area contributed by atoms with E-state index in [0.29, 0.717) is 5.56 Å². The quantitative estimate of drug-likeness (QED) is 0.601. The number of hydrogen-bond acceptors (Lipinski definition) is 5. The first-order chi connectivity index (χ1) is 12.7. The maximum absolute atomic E-state index is 12.8. The second-order valence-corrected chi connectivity index (χ2v) is 5.94. The molecular weight excluding hydrogens is 361 g/mol. The smallest absolute Gasteiger partial charge is 0.416 e. The highest BCUT2D eigenvalue weighted by atomic mass is 19.4. The van der Waals surface area contributed by atoms with Gasteiger partial charge in [-0.15, -0.1) is 10.2 Å². The molecule has 0 radical (unpaired) electrons. The van der Waals surface area contributed by atoms with Crippen LogP contribution in [-0.2, 0) is 10.9 Å². The van der Waals surface area contributed by atoms with E-state index in [0.717, 1.165) is 23.8 Å². The number of carbonyl (C=O) groups excluding carboxylic acids is 1. The summed E-state index contributed by atoms with van der Waals surface area (Å²) < 4.78 is 48.9. The number of halogens is 3. The molecule has 5 nitrogen and oxygen atoms in total. The third-order valence-corrected chi connectivity index (χ3v) is 3.80. The lowest BCUT2D eigenvalue weighted by Gasteiger charge is -2.11. The van der Waals surface area contributed by atoms with E-state index in [-0.39, 0.29) is 17.3 Å². The highest BCUT2D eigenvalue weighted by Crippen LogP contribution is 2.30. The topological polar surface area (TPSA) is 65.2 Å². The number of benzene rings is 2. The molecule has 3 rings (SSSR count). The van der Waals surface area contributed by atoms with Crippen LogP contribution in [-0.4, -0.2) is 16.2 Å². The Bertz CT molecular complexity index is 949. The van der Waals surface area contributed by atoms with Crippen LogP contribution in [0.4, 0.5) is 13.2 Å². The predicted molar refractivity (Wildman–Crippen MR) is 89.7 cm³/mol. The Morgan fingerprint density at radius 1 is 1.11 bits per heavy atom. The van der Waals surface area contributed by atoms with Gasteiger partial charge in [-0.1, -0.05) is 23.8 Å². The summed E-state index contributed by atoms with van der Waals surface area (Å²) in [7, 11) is 0. The summed E-state index contributed by atoms with van der Waals surface area (Å²) in [5.74, 6) is -0.610. The van der Waals surface area contributed by atoms with E-state index < -0.39 is 23.8 Å². The van der Waals surface area contributed by atoms with Crippen LogP contribution in [0.1, 0.15) is 40.4 Å². The van der Waals surface area contributed by atoms with E-state index in [1.165, 1.54) is 13.0 Å². The van der Waals surface area contributed by atoms with Gasteiger partial charge in [-0.25, -0.2) is 4.79 Å². The maximum Gasteiger partial charge on any atom is 0.416 e. The van der Waals surface area contributed by atoms with E-state index in [2.05, 4.69) is 10.2 Å². The monoisotopic (exact) mass is 376 g/mol. The third kappa shape index (κ3) is 4.33. The lowest BCUT2D eigenvalue weighted by atomic mass is 10.1. The minimum Gasteiger partial charge on any atom is -0.449 e. The molecule has 140 valence electrons. The Hall–Kier alpha value is -3.16. The van der Waals surface area contributed by atoms with Gasteiger partial charge in [0.25, 0.3) is 5.89 Å². The number of carbonyl (C=O) groups is 1. The molecule has 0 saturated carbocycles. The number of nitrogens with zero attached hydrogens (tertiary/aromatic N) is 2. The second kappa shape index (κ2) is 7.22. The summed E-state index contributed by atoms with van der Waals surface area (Å²) in [6.45, 7) is 3.44. The minimum atomic E-state index is -4.54. The van der Waals surface area contributed by atoms with Crippen molar-refractivity contribution in [2.45, 2.75) is 26.1 Å². The summed E-state index contributed by atoms with van der Waals surface area (Å²) in [5.41, 5.74) is 0.636. The van der Waals surface area contributed by atoms with Crippen LogP contribution in [0.2, 0.25) is 0 Å². The van der Waals surface area contributed by atoms with Gasteiger partial charge >= 0.3 is 12.1 Å². The molecule has 0 N–H and O–H groups in total. The Morgan fingerprint density at radius 3 is 2.48 bits per heavy atom. The first-order valence-electron chi connectivity index (χ1n) is 8.03. The molecule has 0 bridgehead atoms. The number of esters is 1. The number of aromatic nitrogens is 2. The summed E-state index contributed by atoms with van der Waals surface area (Å²) in [6, 6.07) is 11.4. The molecule has 0 spiro atoms. The fourth-order valence-corrected chi connectivity index (χ4v) is 2.31. The first-order valence-corrected chi connectivity index (χ1v) is 8.03. The zero-order chi connectivity index (χ0) is 19.6. The van der Waals surface area contributed by atoms with Crippen LogP contribution in [0.25, 0.3) is 11.5 Å². The second-order valence-electron chi connectivity index (χ2n) is 5.94. The average Bonchev–Trinajstić information content (AvgIpc) is 3.12. The zero-order valence-electron chi connectivity index (χ0n) is 14.4. The average molecular weight is 376 g/mol. The van der Waals surface area contributed by atoms with Crippen molar-refractivity contribution < 1.29 is 27.1 Å². The molecular formula is C19H15F3N2O3. The normalized spacial score (nSPS) is 12.6. The van der Waals surface area contributed by atoms with Crippen molar-refractivity contribution in [2.24, 2.45) is 0 Å². The zero-order valence-corrected chi connectivity index (χ0v) is 14.4. The van der Waals surface area contributed by atoms with Crippen molar-refractivity contribution in [3.8, 4) is 11.5 Å². The predicted octanol–water partition coefficient (Wildman–Crippen LogP) is 4.98. The number of rotatable bonds is 4. The molecule has 0 unspecified atom stereocenters. The lowest BCUT2D eigenvalue weighted by molar-refractivity contribution is -0.137. The van der Waals surface area contributed by atoms with Crippen molar-refractivity contribution in [3.05, 3.63) is 71.1 Å². The van der Waals surface area contributed by atoms with Gasteiger partial charge in [0.15, 0.2) is 6.10 Å². The van der Waals surface area contributed by atoms with Crippen LogP contribution in [0, 0.1) is 6.92 Å². The Morgan fingerprint density at radius 2 is 1.81 bits per heavy atom. The van der Waals surface area contributed by atoms with Gasteiger partial charge in [0.1, 0.15) is 0 Å². The fourth-order valence-electron chi connectivity index (χ4n) is 2.31. The molecule has 0 aliphatic rings. The molecule has 27 heavy (non-hydrogen) atoms. The molecule has 0 aliphatic heterocycles. The SMILES string of the molecule is Cc1ccc(-c2nnc([C@H](C)OC(=O)c3cccc(C(F)(F)F)c3)o2)cc1. The Balaban J connectivity index is 1.73. The molecule has 1 atom stereocenters. The molecule has 0 aliphatic carbocycles.